The van der Waals surface area contributed by atoms with Gasteiger partial charge in [-0.2, -0.15) is 5.10 Å². The fourth-order valence-corrected chi connectivity index (χ4v) is 4.17. The van der Waals surface area contributed by atoms with E-state index < -0.39 is 0 Å². The quantitative estimate of drug-likeness (QED) is 0.716. The third kappa shape index (κ3) is 3.47. The van der Waals surface area contributed by atoms with E-state index in [0.29, 0.717) is 43.4 Å². The molecule has 0 fully saturated rings. The molecule has 6 nitrogen and oxygen atoms in total. The lowest BCUT2D eigenvalue weighted by Crippen LogP contribution is -2.31. The third-order valence-corrected chi connectivity index (χ3v) is 5.47. The highest BCUT2D eigenvalue weighted by atomic mass is 35.5. The van der Waals surface area contributed by atoms with Gasteiger partial charge in [0, 0.05) is 42.5 Å². The van der Waals surface area contributed by atoms with Gasteiger partial charge in [0.15, 0.2) is 0 Å². The van der Waals surface area contributed by atoms with Crippen molar-refractivity contribution in [3.63, 3.8) is 0 Å². The highest BCUT2D eigenvalue weighted by Gasteiger charge is 2.23. The summed E-state index contributed by atoms with van der Waals surface area (Å²) < 4.78 is 21.4. The highest BCUT2D eigenvalue weighted by Crippen LogP contribution is 2.35. The first-order chi connectivity index (χ1) is 14.1. The maximum absolute atomic E-state index is 13.5. The van der Waals surface area contributed by atoms with E-state index >= 15 is 0 Å². The van der Waals surface area contributed by atoms with Crippen LogP contribution in [-0.2, 0) is 11.3 Å². The molecule has 0 spiro atoms. The van der Waals surface area contributed by atoms with Crippen LogP contribution in [0.1, 0.15) is 12.0 Å². The summed E-state index contributed by atoms with van der Waals surface area (Å²) >= 11 is 6.56. The van der Waals surface area contributed by atoms with Gasteiger partial charge < -0.3 is 9.30 Å². The molecule has 2 aromatic carbocycles. The molecule has 29 heavy (non-hydrogen) atoms. The minimum absolute atomic E-state index is 0.0762. The van der Waals surface area contributed by atoms with Crippen molar-refractivity contribution in [2.75, 3.05) is 19.7 Å². The number of hydrogen-bond acceptors (Lipinski definition) is 4. The number of ether oxygens (including phenoxy) is 1. The number of carbonyl (C=O) groups excluding carboxylic acids is 1. The molecule has 0 atom stereocenters. The van der Waals surface area contributed by atoms with Crippen LogP contribution < -0.4 is 10.2 Å². The number of hydrazone groups is 1. The van der Waals surface area contributed by atoms with E-state index in [1.165, 1.54) is 12.1 Å². The average Bonchev–Trinajstić information content (AvgIpc) is 3.22. The standard InChI is InChI=1S/C21H18ClFN4O2/c22-18-10-17(27-4-3-13-7-15(23)1-2-19(13)27)8-14-11-26(5-6-29-21(14)18)12-16-9-20(28)25-24-16/h1-4,7-8,10H,5-6,9,11-12H2,(H,25,28). The van der Waals surface area contributed by atoms with Gasteiger partial charge in [-0.05, 0) is 36.4 Å². The predicted octanol–water partition coefficient (Wildman–Crippen LogP) is 3.49. The van der Waals surface area contributed by atoms with Crippen molar-refractivity contribution in [1.29, 1.82) is 0 Å². The van der Waals surface area contributed by atoms with Crippen LogP contribution >= 0.6 is 11.6 Å². The second-order valence-corrected chi connectivity index (χ2v) is 7.66. The Balaban J connectivity index is 1.49. The van der Waals surface area contributed by atoms with Crippen molar-refractivity contribution in [3.8, 4) is 11.4 Å². The number of benzene rings is 2. The largest absolute Gasteiger partial charge is 0.490 e. The van der Waals surface area contributed by atoms with Gasteiger partial charge in [0.25, 0.3) is 0 Å². The topological polar surface area (TPSA) is 58.9 Å². The van der Waals surface area contributed by atoms with Gasteiger partial charge in [-0.15, -0.1) is 0 Å². The Hall–Kier alpha value is -2.90. The fourth-order valence-electron chi connectivity index (χ4n) is 3.88. The SMILES string of the molecule is O=C1CC(CN2CCOc3c(Cl)cc(-n4ccc5cc(F)ccc54)cc3C2)=NN1. The van der Waals surface area contributed by atoms with Gasteiger partial charge in [-0.1, -0.05) is 11.6 Å². The predicted molar refractivity (Wildman–Crippen MR) is 109 cm³/mol. The number of halogens is 2. The van der Waals surface area contributed by atoms with Crippen LogP contribution in [0.15, 0.2) is 47.7 Å². The van der Waals surface area contributed by atoms with Gasteiger partial charge in [-0.25, -0.2) is 9.82 Å². The van der Waals surface area contributed by atoms with Crippen molar-refractivity contribution in [3.05, 3.63) is 59.0 Å². The molecule has 0 bridgehead atoms. The number of amides is 1. The van der Waals surface area contributed by atoms with E-state index in [4.69, 9.17) is 16.3 Å². The molecular formula is C21H18ClFN4O2. The first kappa shape index (κ1) is 18.1. The minimum Gasteiger partial charge on any atom is -0.490 e. The number of carbonyl (C=O) groups is 1. The van der Waals surface area contributed by atoms with E-state index in [-0.39, 0.29) is 11.7 Å². The molecule has 148 valence electrons. The number of rotatable bonds is 3. The van der Waals surface area contributed by atoms with E-state index in [1.807, 2.05) is 29.0 Å². The number of nitrogens with zero attached hydrogens (tertiary/aromatic N) is 3. The summed E-state index contributed by atoms with van der Waals surface area (Å²) in [5.74, 6) is 0.345. The molecule has 5 rings (SSSR count). The summed E-state index contributed by atoms with van der Waals surface area (Å²) in [6.07, 6.45) is 2.24. The van der Waals surface area contributed by atoms with Crippen LogP contribution in [0.2, 0.25) is 5.02 Å². The Labute approximate surface area is 171 Å². The number of aromatic nitrogens is 1. The number of hydrogen-bond donors (Lipinski definition) is 1. The monoisotopic (exact) mass is 412 g/mol. The van der Waals surface area contributed by atoms with E-state index in [0.717, 1.165) is 27.9 Å². The van der Waals surface area contributed by atoms with Crippen molar-refractivity contribution in [2.24, 2.45) is 5.10 Å². The van der Waals surface area contributed by atoms with Gasteiger partial charge >= 0.3 is 0 Å². The van der Waals surface area contributed by atoms with Crippen molar-refractivity contribution < 1.29 is 13.9 Å². The van der Waals surface area contributed by atoms with Crippen molar-refractivity contribution in [1.82, 2.24) is 14.9 Å². The highest BCUT2D eigenvalue weighted by molar-refractivity contribution is 6.32. The molecule has 0 unspecified atom stereocenters. The first-order valence-corrected chi connectivity index (χ1v) is 9.73. The zero-order valence-corrected chi connectivity index (χ0v) is 16.2. The Morgan fingerprint density at radius 2 is 2.14 bits per heavy atom. The van der Waals surface area contributed by atoms with Crippen LogP contribution in [0, 0.1) is 5.82 Å². The third-order valence-electron chi connectivity index (χ3n) is 5.19. The summed E-state index contributed by atoms with van der Waals surface area (Å²) in [6, 6.07) is 10.5. The van der Waals surface area contributed by atoms with Gasteiger partial charge in [-0.3, -0.25) is 9.69 Å². The molecule has 1 N–H and O–H groups in total. The van der Waals surface area contributed by atoms with E-state index in [1.54, 1.807) is 6.07 Å². The average molecular weight is 413 g/mol. The fraction of sp³-hybridized carbons (Fsp3) is 0.238. The van der Waals surface area contributed by atoms with Crippen LogP contribution in [0.3, 0.4) is 0 Å². The Morgan fingerprint density at radius 3 is 2.97 bits per heavy atom. The van der Waals surface area contributed by atoms with Crippen molar-refractivity contribution in [2.45, 2.75) is 13.0 Å². The van der Waals surface area contributed by atoms with E-state index in [2.05, 4.69) is 15.4 Å². The number of nitrogens with one attached hydrogen (secondary N) is 1. The van der Waals surface area contributed by atoms with Crippen LogP contribution in [-0.4, -0.2) is 40.8 Å². The normalized spacial score (nSPS) is 16.9. The summed E-state index contributed by atoms with van der Waals surface area (Å²) in [5, 5.41) is 5.45. The molecule has 2 aliphatic heterocycles. The van der Waals surface area contributed by atoms with Gasteiger partial charge in [0.1, 0.15) is 18.2 Å². The molecule has 3 heterocycles. The lowest BCUT2D eigenvalue weighted by atomic mass is 10.1. The lowest BCUT2D eigenvalue weighted by molar-refractivity contribution is -0.119. The zero-order valence-electron chi connectivity index (χ0n) is 15.5. The Bertz CT molecular complexity index is 1160. The van der Waals surface area contributed by atoms with Crippen LogP contribution in [0.25, 0.3) is 16.6 Å². The molecule has 8 heteroatoms. The van der Waals surface area contributed by atoms with Crippen LogP contribution in [0.4, 0.5) is 4.39 Å². The molecule has 1 amide bonds. The van der Waals surface area contributed by atoms with Gasteiger partial charge in [0.05, 0.1) is 22.7 Å². The summed E-state index contributed by atoms with van der Waals surface area (Å²) in [6.45, 7) is 2.44. The molecule has 0 saturated heterocycles. The molecule has 0 saturated carbocycles. The molecule has 0 radical (unpaired) electrons. The maximum atomic E-state index is 13.5. The Kier molecular flexibility index (Phi) is 4.49. The zero-order chi connectivity index (χ0) is 20.0. The molecular weight excluding hydrogens is 395 g/mol. The maximum Gasteiger partial charge on any atom is 0.245 e. The molecule has 3 aromatic rings. The second kappa shape index (κ2) is 7.17. The summed E-state index contributed by atoms with van der Waals surface area (Å²) in [7, 11) is 0. The summed E-state index contributed by atoms with van der Waals surface area (Å²) in [5.41, 5.74) is 6.06. The second-order valence-electron chi connectivity index (χ2n) is 7.25. The lowest BCUT2D eigenvalue weighted by Gasteiger charge is -2.19. The van der Waals surface area contributed by atoms with Crippen LogP contribution in [0.5, 0.6) is 5.75 Å². The van der Waals surface area contributed by atoms with E-state index in [9.17, 15) is 9.18 Å². The number of fused-ring (bicyclic) bond motifs is 2. The molecule has 1 aromatic heterocycles. The van der Waals surface area contributed by atoms with Gasteiger partial charge in [0.2, 0.25) is 5.91 Å². The smallest absolute Gasteiger partial charge is 0.245 e. The summed E-state index contributed by atoms with van der Waals surface area (Å²) in [4.78, 5) is 13.6. The first-order valence-electron chi connectivity index (χ1n) is 9.36. The molecule has 2 aliphatic rings. The minimum atomic E-state index is -0.262. The molecule has 0 aliphatic carbocycles. The van der Waals surface area contributed by atoms with Crippen molar-refractivity contribution >= 4 is 34.1 Å². The Morgan fingerprint density at radius 1 is 1.24 bits per heavy atom.